The summed E-state index contributed by atoms with van der Waals surface area (Å²) in [6.07, 6.45) is 56.5. The first-order valence-electron chi connectivity index (χ1n) is 38.3. The average molecular weight is 1380 g/mol. The Morgan fingerprint density at radius 3 is 0.957 bits per heavy atom. The van der Waals surface area contributed by atoms with Crippen molar-refractivity contribution in [1.29, 1.82) is 0 Å². The van der Waals surface area contributed by atoms with Crippen LogP contribution in [0.1, 0.15) is 363 Å². The van der Waals surface area contributed by atoms with Gasteiger partial charge in [-0.3, -0.25) is 37.3 Å². The summed E-state index contributed by atoms with van der Waals surface area (Å²) in [5, 5.41) is 10.6. The number of phosphoric ester groups is 2. The number of rotatable bonds is 72. The quantitative estimate of drug-likeness (QED) is 0.0169. The molecule has 0 radical (unpaired) electrons. The van der Waals surface area contributed by atoms with Crippen molar-refractivity contribution < 1.29 is 80.2 Å². The summed E-state index contributed by atoms with van der Waals surface area (Å²) in [7, 11) is -9.91. The molecule has 0 spiro atoms. The number of hydrogen-bond donors (Lipinski definition) is 3. The maximum Gasteiger partial charge on any atom is 0.472 e. The summed E-state index contributed by atoms with van der Waals surface area (Å²) in [5.74, 6) is -0.617. The van der Waals surface area contributed by atoms with Gasteiger partial charge in [-0.15, -0.1) is 0 Å². The molecule has 0 heterocycles. The third kappa shape index (κ3) is 66.8. The Morgan fingerprint density at radius 1 is 0.351 bits per heavy atom. The summed E-state index contributed by atoms with van der Waals surface area (Å²) in [4.78, 5) is 72.6. The zero-order valence-electron chi connectivity index (χ0n) is 60.7. The highest BCUT2D eigenvalue weighted by Crippen LogP contribution is 2.45. The van der Waals surface area contributed by atoms with Crippen molar-refractivity contribution in [1.82, 2.24) is 0 Å². The van der Waals surface area contributed by atoms with Crippen molar-refractivity contribution in [3.8, 4) is 0 Å². The van der Waals surface area contributed by atoms with E-state index in [9.17, 15) is 43.2 Å². The van der Waals surface area contributed by atoms with Crippen LogP contribution in [0.5, 0.6) is 0 Å². The molecule has 17 nitrogen and oxygen atoms in total. The maximum atomic E-state index is 13.1. The molecule has 0 fully saturated rings. The molecule has 554 valence electrons. The highest BCUT2D eigenvalue weighted by atomic mass is 31.2. The first-order chi connectivity index (χ1) is 45.4. The van der Waals surface area contributed by atoms with Crippen LogP contribution in [0.25, 0.3) is 0 Å². The van der Waals surface area contributed by atoms with Crippen LogP contribution in [0, 0.1) is 11.8 Å². The van der Waals surface area contributed by atoms with Crippen LogP contribution in [0.2, 0.25) is 0 Å². The average Bonchev–Trinajstić information content (AvgIpc) is 1.78. The molecule has 0 aromatic heterocycles. The van der Waals surface area contributed by atoms with Crippen molar-refractivity contribution in [2.45, 2.75) is 381 Å². The summed E-state index contributed by atoms with van der Waals surface area (Å²) in [6.45, 7) is 9.47. The second-order valence-electron chi connectivity index (χ2n) is 27.1. The normalized spacial score (nSPS) is 14.5. The number of carbonyl (C=O) groups is 4. The van der Waals surface area contributed by atoms with Crippen LogP contribution in [-0.4, -0.2) is 96.7 Å². The molecule has 0 saturated heterocycles. The van der Waals surface area contributed by atoms with E-state index in [1.807, 2.05) is 0 Å². The number of ether oxygens (including phenoxy) is 4. The second kappa shape index (κ2) is 66.4. The molecule has 94 heavy (non-hydrogen) atoms. The molecule has 0 aliphatic carbocycles. The van der Waals surface area contributed by atoms with E-state index in [4.69, 9.17) is 37.0 Å². The summed E-state index contributed by atoms with van der Waals surface area (Å²) < 4.78 is 68.3. The Labute approximate surface area is 573 Å². The zero-order chi connectivity index (χ0) is 69.3. The standard InChI is InChI=1S/C75H142O17P2/c1-7-10-12-14-16-18-19-20-25-29-32-35-39-46-52-58-73(78)86-63-70(91-74(79)59-53-47-40-36-33-30-27-24-22-21-23-26-28-31-34-37-43-49-55-67(4)5)65-89-93(81,82)87-61-69(76)62-88-94(83,84)90-66-71(64-85-72(77)57-51-45-38-17-15-13-11-8-2)92-75(80)60-54-48-42-41-44-50-56-68(6)9-3/h18-20,25,67-71,76H,7-17,21-24,26-66H2,1-6H3,(H,81,82)(H,83,84)/b19-18-,25-20-/t68?,69-,70-,71-/m1/s1. The lowest BCUT2D eigenvalue weighted by Crippen LogP contribution is -2.30. The second-order valence-corrected chi connectivity index (χ2v) is 30.0. The Balaban J connectivity index is 5.21. The van der Waals surface area contributed by atoms with Gasteiger partial charge in [0.15, 0.2) is 12.2 Å². The van der Waals surface area contributed by atoms with E-state index in [1.54, 1.807) is 0 Å². The summed E-state index contributed by atoms with van der Waals surface area (Å²) in [5.41, 5.74) is 0. The molecule has 0 saturated carbocycles. The van der Waals surface area contributed by atoms with Gasteiger partial charge in [0.05, 0.1) is 26.4 Å². The van der Waals surface area contributed by atoms with Crippen LogP contribution >= 0.6 is 15.6 Å². The number of phosphoric acid groups is 2. The predicted molar refractivity (Wildman–Crippen MR) is 381 cm³/mol. The van der Waals surface area contributed by atoms with E-state index in [1.165, 1.54) is 154 Å². The minimum Gasteiger partial charge on any atom is -0.462 e. The Hall–Kier alpha value is -2.46. The molecule has 0 aliphatic rings. The fourth-order valence-electron chi connectivity index (χ4n) is 10.9. The van der Waals surface area contributed by atoms with Crippen LogP contribution < -0.4 is 0 Å². The molecular formula is C75H142O17P2. The van der Waals surface area contributed by atoms with Crippen molar-refractivity contribution in [3.63, 3.8) is 0 Å². The van der Waals surface area contributed by atoms with E-state index in [0.717, 1.165) is 127 Å². The highest BCUT2D eigenvalue weighted by Gasteiger charge is 2.30. The number of esters is 4. The van der Waals surface area contributed by atoms with E-state index in [2.05, 4.69) is 65.8 Å². The zero-order valence-corrected chi connectivity index (χ0v) is 62.5. The molecule has 6 atom stereocenters. The fourth-order valence-corrected chi connectivity index (χ4v) is 12.5. The molecule has 3 unspecified atom stereocenters. The fraction of sp³-hybridized carbons (Fsp3) is 0.893. The molecule has 0 aromatic carbocycles. The summed E-state index contributed by atoms with van der Waals surface area (Å²) in [6, 6.07) is 0. The van der Waals surface area contributed by atoms with Gasteiger partial charge in [-0.2, -0.15) is 0 Å². The van der Waals surface area contributed by atoms with Gasteiger partial charge < -0.3 is 33.8 Å². The first-order valence-corrected chi connectivity index (χ1v) is 41.3. The van der Waals surface area contributed by atoms with Crippen LogP contribution in [0.4, 0.5) is 0 Å². The molecule has 19 heteroatoms. The van der Waals surface area contributed by atoms with Crippen LogP contribution in [-0.2, 0) is 65.4 Å². The van der Waals surface area contributed by atoms with Crippen LogP contribution in [0.3, 0.4) is 0 Å². The largest absolute Gasteiger partial charge is 0.472 e. The number of aliphatic hydroxyl groups excluding tert-OH is 1. The lowest BCUT2D eigenvalue weighted by molar-refractivity contribution is -0.161. The van der Waals surface area contributed by atoms with Gasteiger partial charge in [0, 0.05) is 25.7 Å². The first kappa shape index (κ1) is 91.5. The van der Waals surface area contributed by atoms with E-state index in [0.29, 0.717) is 25.7 Å². The topological polar surface area (TPSA) is 237 Å². The van der Waals surface area contributed by atoms with E-state index >= 15 is 0 Å². The van der Waals surface area contributed by atoms with Gasteiger partial charge in [0.1, 0.15) is 19.3 Å². The molecule has 3 N–H and O–H groups in total. The van der Waals surface area contributed by atoms with Gasteiger partial charge >= 0.3 is 39.5 Å². The SMILES string of the molecule is CCCCCC/C=C\C=C/CCCCCCCC(=O)OC[C@H](COP(=O)(O)OC[C@@H](O)COP(=O)(O)OC[C@@H](COC(=O)CCCCCCCCCC)OC(=O)CCCCCCCCC(C)CC)OC(=O)CCCCCCCCCCCCCCCCCCCCC(C)C. The maximum absolute atomic E-state index is 13.1. The van der Waals surface area contributed by atoms with Gasteiger partial charge in [-0.25, -0.2) is 9.13 Å². The van der Waals surface area contributed by atoms with Crippen molar-refractivity contribution in [2.75, 3.05) is 39.6 Å². The molecule has 0 aliphatic heterocycles. The highest BCUT2D eigenvalue weighted by molar-refractivity contribution is 7.47. The van der Waals surface area contributed by atoms with Crippen molar-refractivity contribution in [3.05, 3.63) is 24.3 Å². The molecule has 0 rings (SSSR count). The Morgan fingerprint density at radius 2 is 0.628 bits per heavy atom. The third-order valence-corrected chi connectivity index (χ3v) is 19.1. The number of unbranched alkanes of at least 4 members (excludes halogenated alkanes) is 38. The van der Waals surface area contributed by atoms with Crippen molar-refractivity contribution in [2.24, 2.45) is 11.8 Å². The Bertz CT molecular complexity index is 1920. The molecular weight excluding hydrogens is 1230 g/mol. The molecule has 0 aromatic rings. The third-order valence-electron chi connectivity index (χ3n) is 17.2. The summed E-state index contributed by atoms with van der Waals surface area (Å²) >= 11 is 0. The lowest BCUT2D eigenvalue weighted by Gasteiger charge is -2.21. The number of aliphatic hydroxyl groups is 1. The smallest absolute Gasteiger partial charge is 0.462 e. The lowest BCUT2D eigenvalue weighted by atomic mass is 10.00. The monoisotopic (exact) mass is 1380 g/mol. The van der Waals surface area contributed by atoms with E-state index < -0.39 is 97.5 Å². The number of hydrogen-bond acceptors (Lipinski definition) is 15. The van der Waals surface area contributed by atoms with Crippen LogP contribution in [0.15, 0.2) is 24.3 Å². The van der Waals surface area contributed by atoms with E-state index in [-0.39, 0.29) is 25.7 Å². The molecule has 0 bridgehead atoms. The van der Waals surface area contributed by atoms with Gasteiger partial charge in [0.25, 0.3) is 0 Å². The van der Waals surface area contributed by atoms with Gasteiger partial charge in [0.2, 0.25) is 0 Å². The number of allylic oxidation sites excluding steroid dienone is 4. The minimum atomic E-state index is -4.96. The predicted octanol–water partition coefficient (Wildman–Crippen LogP) is 21.5. The van der Waals surface area contributed by atoms with Gasteiger partial charge in [-0.1, -0.05) is 310 Å². The molecule has 0 amide bonds. The minimum absolute atomic E-state index is 0.101. The Kier molecular flexibility index (Phi) is 64.7. The number of carbonyl (C=O) groups excluding carboxylic acids is 4. The van der Waals surface area contributed by atoms with Gasteiger partial charge in [-0.05, 0) is 63.2 Å². The van der Waals surface area contributed by atoms with Crippen molar-refractivity contribution >= 4 is 39.5 Å².